The molecule has 0 heterocycles. The van der Waals surface area contributed by atoms with E-state index in [4.69, 9.17) is 0 Å². The largest absolute Gasteiger partial charge is 0.470 e. The number of hydrogen-bond donors (Lipinski definition) is 0. The van der Waals surface area contributed by atoms with Gasteiger partial charge in [-0.25, -0.2) is 9.59 Å². The predicted octanol–water partition coefficient (Wildman–Crippen LogP) is 4.92. The van der Waals surface area contributed by atoms with Gasteiger partial charge in [-0.05, 0) is 0 Å². The highest BCUT2D eigenvalue weighted by atomic mass is 19.4. The van der Waals surface area contributed by atoms with Crippen molar-refractivity contribution in [3.63, 3.8) is 0 Å². The number of hydrogen-bond acceptors (Lipinski definition) is 4. The van der Waals surface area contributed by atoms with Gasteiger partial charge in [0.05, 0.1) is 0 Å². The quantitative estimate of drug-likeness (QED) is 0.377. The van der Waals surface area contributed by atoms with Crippen LogP contribution in [0.15, 0.2) is 0 Å². The van der Waals surface area contributed by atoms with Gasteiger partial charge < -0.3 is 9.47 Å². The summed E-state index contributed by atoms with van der Waals surface area (Å²) in [4.78, 5) is 21.3. The minimum absolute atomic E-state index is 1.60. The van der Waals surface area contributed by atoms with Crippen molar-refractivity contribution in [1.82, 2.24) is 0 Å². The monoisotopic (exact) mass is 526 g/mol. The van der Waals surface area contributed by atoms with Crippen LogP contribution in [0.3, 0.4) is 0 Å². The van der Waals surface area contributed by atoms with E-state index >= 15 is 0 Å². The first-order valence-electron chi connectivity index (χ1n) is 6.38. The molecule has 32 heavy (non-hydrogen) atoms. The fraction of sp³-hybridized carbons (Fsp3) is 0.800. The van der Waals surface area contributed by atoms with Gasteiger partial charge in [0.25, 0.3) is 0 Å². The Labute approximate surface area is 160 Å². The Morgan fingerprint density at radius 1 is 0.375 bits per heavy atom. The van der Waals surface area contributed by atoms with Gasteiger partial charge in [-0.2, -0.15) is 79.0 Å². The fourth-order valence-electron chi connectivity index (χ4n) is 1.19. The molecule has 0 aromatic heterocycles. The van der Waals surface area contributed by atoms with Gasteiger partial charge in [-0.15, -0.1) is 0 Å². The zero-order chi connectivity index (χ0) is 26.6. The summed E-state index contributed by atoms with van der Waals surface area (Å²) in [6.07, 6.45) is -30.1. The standard InChI is InChI=1S/C10F18O4/c11-3(12,1(29)31-5(15,7(17,18)19)8(20,21)22)4(13,14)2(30)32-6(16,9(23,24)25)10(26,27)28. The van der Waals surface area contributed by atoms with Gasteiger partial charge in [-0.3, -0.25) is 0 Å². The molecular weight excluding hydrogens is 526 g/mol. The van der Waals surface area contributed by atoms with Gasteiger partial charge in [-0.1, -0.05) is 0 Å². The predicted molar refractivity (Wildman–Crippen MR) is 54.0 cm³/mol. The second-order valence-corrected chi connectivity index (χ2v) is 5.11. The summed E-state index contributed by atoms with van der Waals surface area (Å²) >= 11 is 0. The number of rotatable bonds is 5. The summed E-state index contributed by atoms with van der Waals surface area (Å²) < 4.78 is 227. The van der Waals surface area contributed by atoms with Crippen molar-refractivity contribution in [2.45, 2.75) is 48.3 Å². The van der Waals surface area contributed by atoms with Crippen LogP contribution in [0.2, 0.25) is 0 Å². The average Bonchev–Trinajstić information content (AvgIpc) is 2.49. The second-order valence-electron chi connectivity index (χ2n) is 5.11. The lowest BCUT2D eigenvalue weighted by Gasteiger charge is -2.33. The van der Waals surface area contributed by atoms with Crippen LogP contribution in [0, 0.1) is 0 Å². The van der Waals surface area contributed by atoms with Gasteiger partial charge in [0.15, 0.2) is 0 Å². The lowest BCUT2D eigenvalue weighted by Crippen LogP contribution is -2.63. The third-order valence-electron chi connectivity index (χ3n) is 2.83. The molecule has 0 amide bonds. The second kappa shape index (κ2) is 7.63. The summed E-state index contributed by atoms with van der Waals surface area (Å²) in [5.41, 5.74) is 0. The Kier molecular flexibility index (Phi) is 7.07. The molecule has 0 aromatic rings. The Morgan fingerprint density at radius 3 is 0.656 bits per heavy atom. The molecule has 0 rings (SSSR count). The highest BCUT2D eigenvalue weighted by molar-refractivity contribution is 5.90. The first-order valence-corrected chi connectivity index (χ1v) is 6.38. The third kappa shape index (κ3) is 4.71. The summed E-state index contributed by atoms with van der Waals surface area (Å²) in [6.45, 7) is 0. The maximum Gasteiger partial charge on any atom is 0.470 e. The average molecular weight is 526 g/mol. The number of carbonyl (C=O) groups excluding carboxylic acids is 2. The zero-order valence-electron chi connectivity index (χ0n) is 13.4. The molecule has 22 heteroatoms. The van der Waals surface area contributed by atoms with Crippen LogP contribution in [-0.4, -0.2) is 60.2 Å². The van der Waals surface area contributed by atoms with Crippen molar-refractivity contribution in [2.75, 3.05) is 0 Å². The van der Waals surface area contributed by atoms with E-state index in [1.165, 1.54) is 0 Å². The molecule has 0 fully saturated rings. The van der Waals surface area contributed by atoms with Gasteiger partial charge in [0, 0.05) is 0 Å². The highest BCUT2D eigenvalue weighted by Gasteiger charge is 2.82. The van der Waals surface area contributed by atoms with Crippen LogP contribution in [0.1, 0.15) is 0 Å². The Hall–Kier alpha value is -2.32. The molecule has 0 radical (unpaired) electrons. The first-order chi connectivity index (χ1) is 13.5. The van der Waals surface area contributed by atoms with Crippen molar-refractivity contribution in [2.24, 2.45) is 0 Å². The maximum absolute atomic E-state index is 13.2. The zero-order valence-corrected chi connectivity index (χ0v) is 13.4. The molecular formula is C10F18O4. The Bertz CT molecular complexity index is 634. The maximum atomic E-state index is 13.2. The molecule has 0 aliphatic carbocycles. The normalized spacial score (nSPS) is 15.4. The van der Waals surface area contributed by atoms with Gasteiger partial charge in [0.1, 0.15) is 0 Å². The lowest BCUT2D eigenvalue weighted by atomic mass is 10.1. The molecule has 190 valence electrons. The van der Waals surface area contributed by atoms with E-state index in [0.29, 0.717) is 0 Å². The number of alkyl halides is 18. The van der Waals surface area contributed by atoms with Gasteiger partial charge >= 0.3 is 60.2 Å². The van der Waals surface area contributed by atoms with Gasteiger partial charge in [0.2, 0.25) is 0 Å². The smallest absolute Gasteiger partial charge is 0.408 e. The summed E-state index contributed by atoms with van der Waals surface area (Å²) in [5.74, 6) is -40.1. The van der Waals surface area contributed by atoms with E-state index in [9.17, 15) is 88.6 Å². The molecule has 0 N–H and O–H groups in total. The molecule has 0 atom stereocenters. The third-order valence-corrected chi connectivity index (χ3v) is 2.83. The number of carbonyl (C=O) groups is 2. The van der Waals surface area contributed by atoms with Crippen molar-refractivity contribution in [3.8, 4) is 0 Å². The molecule has 4 nitrogen and oxygen atoms in total. The topological polar surface area (TPSA) is 52.6 Å². The van der Waals surface area contributed by atoms with E-state index in [0.717, 1.165) is 0 Å². The van der Waals surface area contributed by atoms with Crippen molar-refractivity contribution in [1.29, 1.82) is 0 Å². The van der Waals surface area contributed by atoms with E-state index in [1.54, 1.807) is 9.47 Å². The molecule has 0 saturated heterocycles. The Morgan fingerprint density at radius 2 is 0.531 bits per heavy atom. The van der Waals surface area contributed by atoms with Crippen molar-refractivity contribution in [3.05, 3.63) is 0 Å². The molecule has 0 aliphatic heterocycles. The van der Waals surface area contributed by atoms with Crippen molar-refractivity contribution >= 4 is 11.9 Å². The number of ether oxygens (including phenoxy) is 2. The van der Waals surface area contributed by atoms with E-state index in [-0.39, 0.29) is 0 Å². The van der Waals surface area contributed by atoms with Crippen LogP contribution in [0.5, 0.6) is 0 Å². The minimum Gasteiger partial charge on any atom is -0.408 e. The van der Waals surface area contributed by atoms with Crippen LogP contribution < -0.4 is 0 Å². The van der Waals surface area contributed by atoms with E-state index in [1.807, 2.05) is 0 Å². The molecule has 0 saturated carbocycles. The number of halogens is 18. The summed E-state index contributed by atoms with van der Waals surface area (Å²) in [7, 11) is 0. The molecule has 0 aromatic carbocycles. The van der Waals surface area contributed by atoms with Crippen LogP contribution in [-0.2, 0) is 19.1 Å². The summed E-state index contributed by atoms with van der Waals surface area (Å²) in [5, 5.41) is 0. The first kappa shape index (κ1) is 29.7. The molecule has 0 spiro atoms. The summed E-state index contributed by atoms with van der Waals surface area (Å²) in [6, 6.07) is 0. The lowest BCUT2D eigenvalue weighted by molar-refractivity contribution is -0.425. The number of esters is 2. The van der Waals surface area contributed by atoms with Crippen LogP contribution in [0.4, 0.5) is 79.0 Å². The highest BCUT2D eigenvalue weighted by Crippen LogP contribution is 2.51. The SMILES string of the molecule is O=C(OC(F)(C(F)(F)F)C(F)(F)F)C(F)(F)C(F)(F)C(=O)OC(F)(C(F)(F)F)C(F)(F)F. The molecule has 0 bridgehead atoms. The molecule has 0 unspecified atom stereocenters. The van der Waals surface area contributed by atoms with Crippen LogP contribution in [0.25, 0.3) is 0 Å². The van der Waals surface area contributed by atoms with E-state index in [2.05, 4.69) is 0 Å². The van der Waals surface area contributed by atoms with Crippen LogP contribution >= 0.6 is 0 Å². The molecule has 0 aliphatic rings. The van der Waals surface area contributed by atoms with Crippen molar-refractivity contribution < 1.29 is 98.1 Å². The minimum atomic E-state index is -7.57. The van der Waals surface area contributed by atoms with E-state index < -0.39 is 60.2 Å². The fourth-order valence-corrected chi connectivity index (χ4v) is 1.19. The Balaban J connectivity index is 6.26.